The Bertz CT molecular complexity index is 732. The van der Waals surface area contributed by atoms with Crippen LogP contribution in [0.25, 0.3) is 0 Å². The van der Waals surface area contributed by atoms with E-state index in [4.69, 9.17) is 15.0 Å². The first kappa shape index (κ1) is 23.6. The van der Waals surface area contributed by atoms with Crippen LogP contribution in [0.2, 0.25) is 0 Å². The maximum atomic E-state index is 12.8. The molecular weight excluding hydrogens is 399 g/mol. The molecule has 0 spiro atoms. The van der Waals surface area contributed by atoms with Gasteiger partial charge >= 0.3 is 7.12 Å². The highest BCUT2D eigenvalue weighted by Crippen LogP contribution is 2.61. The average Bonchev–Trinajstić information content (AvgIpc) is 3.11. The summed E-state index contributed by atoms with van der Waals surface area (Å²) in [4.78, 5) is 12.8. The Morgan fingerprint density at radius 3 is 2.57 bits per heavy atom. The van der Waals surface area contributed by atoms with Gasteiger partial charge in [0.15, 0.2) is 0 Å². The van der Waals surface area contributed by atoms with Gasteiger partial charge < -0.3 is 20.4 Å². The van der Waals surface area contributed by atoms with E-state index < -0.39 is 6.04 Å². The summed E-state index contributed by atoms with van der Waals surface area (Å²) >= 11 is 0. The number of hydrogen-bond acceptors (Lipinski definition) is 4. The minimum Gasteiger partial charge on any atom is -0.404 e. The minimum atomic E-state index is -0.581. The van der Waals surface area contributed by atoms with Gasteiger partial charge in [-0.3, -0.25) is 4.79 Å². The molecule has 0 aromatic heterocycles. The summed E-state index contributed by atoms with van der Waals surface area (Å²) in [6.07, 6.45) is 3.97. The molecule has 5 nitrogen and oxygen atoms in total. The highest BCUT2D eigenvalue weighted by molar-refractivity contribution is 6.47. The van der Waals surface area contributed by atoms with Crippen molar-refractivity contribution in [2.24, 2.45) is 28.9 Å². The fourth-order valence-corrected chi connectivity index (χ4v) is 5.55. The van der Waals surface area contributed by atoms with Crippen LogP contribution in [0, 0.1) is 23.2 Å². The lowest BCUT2D eigenvalue weighted by atomic mass is 9.47. The molecule has 1 heterocycles. The fraction of sp³-hybridized carbons (Fsp3) is 0.696. The molecule has 2 bridgehead atoms. The third-order valence-corrected chi connectivity index (χ3v) is 7.44. The molecule has 1 aromatic rings. The Morgan fingerprint density at radius 2 is 1.93 bits per heavy atom. The first-order chi connectivity index (χ1) is 13.8. The van der Waals surface area contributed by atoms with Crippen molar-refractivity contribution >= 4 is 25.4 Å². The van der Waals surface area contributed by atoms with Crippen molar-refractivity contribution in [2.75, 3.05) is 0 Å². The van der Waals surface area contributed by atoms with E-state index in [1.165, 1.54) is 6.42 Å². The molecule has 0 unspecified atom stereocenters. The predicted octanol–water partition coefficient (Wildman–Crippen LogP) is 3.39. The van der Waals surface area contributed by atoms with Crippen LogP contribution in [0.3, 0.4) is 0 Å². The zero-order valence-corrected chi connectivity index (χ0v) is 19.4. The molecule has 1 aliphatic heterocycles. The van der Waals surface area contributed by atoms with E-state index in [0.29, 0.717) is 23.7 Å². The van der Waals surface area contributed by atoms with Crippen LogP contribution < -0.4 is 11.1 Å². The summed E-state index contributed by atoms with van der Waals surface area (Å²) in [7, 11) is -0.379. The highest BCUT2D eigenvalue weighted by atomic mass is 35.5. The van der Waals surface area contributed by atoms with Crippen LogP contribution in [0.4, 0.5) is 0 Å². The zero-order chi connectivity index (χ0) is 20.8. The quantitative estimate of drug-likeness (QED) is 0.645. The molecule has 4 aliphatic rings. The lowest BCUT2D eigenvalue weighted by Gasteiger charge is -2.60. The van der Waals surface area contributed by atoms with E-state index in [-0.39, 0.29) is 43.6 Å². The second-order valence-electron chi connectivity index (χ2n) is 10.3. The number of carbonyl (C=O) groups excluding carboxylic acids is 1. The summed E-state index contributed by atoms with van der Waals surface area (Å²) in [6, 6.07) is 9.32. The topological polar surface area (TPSA) is 73.6 Å². The average molecular weight is 435 g/mol. The molecule has 166 valence electrons. The van der Waals surface area contributed by atoms with Gasteiger partial charge in [-0.25, -0.2) is 0 Å². The second-order valence-corrected chi connectivity index (χ2v) is 10.3. The highest BCUT2D eigenvalue weighted by Gasteiger charge is 2.62. The van der Waals surface area contributed by atoms with Gasteiger partial charge in [-0.2, -0.15) is 0 Å². The van der Waals surface area contributed by atoms with Crippen molar-refractivity contribution in [3.8, 4) is 0 Å². The summed E-state index contributed by atoms with van der Waals surface area (Å²) < 4.78 is 12.8. The number of benzene rings is 1. The fourth-order valence-electron chi connectivity index (χ4n) is 5.55. The monoisotopic (exact) mass is 434 g/mol. The van der Waals surface area contributed by atoms with Gasteiger partial charge in [0.1, 0.15) is 0 Å². The Morgan fingerprint density at radius 1 is 1.23 bits per heavy atom. The molecular formula is C23H36BClN2O3. The summed E-state index contributed by atoms with van der Waals surface area (Å²) in [6.45, 7) is 9.03. The number of amides is 1. The smallest absolute Gasteiger partial charge is 0.404 e. The van der Waals surface area contributed by atoms with Crippen molar-refractivity contribution < 1.29 is 14.1 Å². The number of rotatable bonds is 7. The van der Waals surface area contributed by atoms with Gasteiger partial charge in [0, 0.05) is 0 Å². The van der Waals surface area contributed by atoms with Crippen molar-refractivity contribution in [3.63, 3.8) is 0 Å². The van der Waals surface area contributed by atoms with Crippen molar-refractivity contribution in [1.29, 1.82) is 0 Å². The molecule has 6 atom stereocenters. The number of carbonyl (C=O) groups is 1. The molecule has 1 amide bonds. The van der Waals surface area contributed by atoms with E-state index in [1.54, 1.807) is 0 Å². The third-order valence-electron chi connectivity index (χ3n) is 7.44. The predicted molar refractivity (Wildman–Crippen MR) is 122 cm³/mol. The lowest BCUT2D eigenvalue weighted by molar-refractivity contribution is -0.150. The van der Waals surface area contributed by atoms with Crippen LogP contribution in [-0.4, -0.2) is 37.2 Å². The first-order valence-electron chi connectivity index (χ1n) is 11.2. The molecule has 3 N–H and O–H groups in total. The molecule has 30 heavy (non-hydrogen) atoms. The molecule has 5 rings (SSSR count). The van der Waals surface area contributed by atoms with Crippen molar-refractivity contribution in [1.82, 2.24) is 5.32 Å². The standard InChI is InChI=1S/C23H35BN2O3.ClH/c1-14(2)10-20(26-22(27)18(25)11-15-8-6-5-7-9-15)24-28-19-13-16-12-17(21(19)29-24)23(16,3)4;/h5-9,14,16-21H,10-13,25H2,1-4H3,(H,26,27);1H/t16-,17+,18-,19+,20-,21-;/m0./s1. The maximum Gasteiger partial charge on any atom is 0.481 e. The zero-order valence-electron chi connectivity index (χ0n) is 18.5. The normalized spacial score (nSPS) is 30.7. The molecule has 3 aliphatic carbocycles. The lowest BCUT2D eigenvalue weighted by Crippen LogP contribution is -2.59. The number of halogens is 1. The molecule has 4 fully saturated rings. The summed E-state index contributed by atoms with van der Waals surface area (Å²) in [5.41, 5.74) is 7.62. The van der Waals surface area contributed by atoms with Crippen LogP contribution in [0.1, 0.15) is 52.5 Å². The van der Waals surface area contributed by atoms with Crippen molar-refractivity contribution in [3.05, 3.63) is 35.9 Å². The number of nitrogens with one attached hydrogen (secondary N) is 1. The maximum absolute atomic E-state index is 12.8. The molecule has 1 saturated heterocycles. The van der Waals surface area contributed by atoms with E-state index >= 15 is 0 Å². The molecule has 0 radical (unpaired) electrons. The number of nitrogens with two attached hydrogens (primary N) is 1. The van der Waals surface area contributed by atoms with Gasteiger partial charge in [-0.1, -0.05) is 58.0 Å². The minimum absolute atomic E-state index is 0. The van der Waals surface area contributed by atoms with Gasteiger partial charge in [-0.05, 0) is 54.4 Å². The van der Waals surface area contributed by atoms with Gasteiger partial charge in [0.25, 0.3) is 0 Å². The van der Waals surface area contributed by atoms with E-state index in [1.807, 2.05) is 30.3 Å². The second kappa shape index (κ2) is 9.19. The van der Waals surface area contributed by atoms with Crippen LogP contribution in [0.5, 0.6) is 0 Å². The number of hydrogen-bond donors (Lipinski definition) is 2. The van der Waals surface area contributed by atoms with E-state index in [2.05, 4.69) is 33.0 Å². The van der Waals surface area contributed by atoms with Gasteiger partial charge in [-0.15, -0.1) is 12.4 Å². The van der Waals surface area contributed by atoms with Crippen LogP contribution in [-0.2, 0) is 20.5 Å². The van der Waals surface area contributed by atoms with Crippen LogP contribution >= 0.6 is 12.4 Å². The Balaban J connectivity index is 0.00000256. The van der Waals surface area contributed by atoms with E-state index in [0.717, 1.165) is 24.3 Å². The third kappa shape index (κ3) is 4.57. The molecule has 7 heteroatoms. The molecule has 3 saturated carbocycles. The largest absolute Gasteiger partial charge is 0.481 e. The Hall–Kier alpha value is -1.08. The summed E-state index contributed by atoms with van der Waals surface area (Å²) in [5.74, 6) is 1.41. The Labute approximate surface area is 187 Å². The summed E-state index contributed by atoms with van der Waals surface area (Å²) in [5, 5.41) is 3.16. The first-order valence-corrected chi connectivity index (χ1v) is 11.2. The van der Waals surface area contributed by atoms with E-state index in [9.17, 15) is 4.79 Å². The van der Waals surface area contributed by atoms with Crippen LogP contribution in [0.15, 0.2) is 30.3 Å². The Kier molecular flexibility index (Phi) is 7.23. The molecule has 1 aromatic carbocycles. The SMILES string of the molecule is CC(C)C[C@H](NC(=O)[C@@H](N)Cc1ccccc1)B1O[C@H]2[C@H]3C[C@@H](C[C@H]2O1)C3(C)C.Cl. The van der Waals surface area contributed by atoms with Gasteiger partial charge in [0.05, 0.1) is 24.2 Å². The van der Waals surface area contributed by atoms with Gasteiger partial charge in [0.2, 0.25) is 5.91 Å². The van der Waals surface area contributed by atoms with Crippen molar-refractivity contribution in [2.45, 2.75) is 77.6 Å².